The van der Waals surface area contributed by atoms with E-state index in [9.17, 15) is 10.2 Å². The maximum atomic E-state index is 13.1. The summed E-state index contributed by atoms with van der Waals surface area (Å²) in [5.41, 5.74) is -3.12. The molecule has 12 atom stereocenters. The highest BCUT2D eigenvalue weighted by molar-refractivity contribution is 5.44. The van der Waals surface area contributed by atoms with Gasteiger partial charge < -0.3 is 33.9 Å². The first-order valence-electron chi connectivity index (χ1n) is 12.8. The predicted octanol–water partition coefficient (Wildman–Crippen LogP) is 0.781. The molecule has 0 amide bonds. The monoisotopic (exact) mass is 465 g/mol. The molecule has 7 bridgehead atoms. The van der Waals surface area contributed by atoms with Crippen LogP contribution in [0.5, 0.6) is 0 Å². The Hall–Kier alpha value is -0.320. The number of hydrogen-bond acceptors (Lipinski definition) is 8. The zero-order valence-corrected chi connectivity index (χ0v) is 20.3. The SMILES string of the molecule is CCN1CC2(COC)CCC(OC)C34C2CC2(OCOC25CC(OC)C2CC3(O)C5C2O)C14. The average Bonchev–Trinajstić information content (AvgIpc) is 3.33. The van der Waals surface area contributed by atoms with Gasteiger partial charge in [-0.2, -0.15) is 0 Å². The molecule has 2 heterocycles. The number of aliphatic hydroxyl groups is 2. The molecule has 5 saturated carbocycles. The van der Waals surface area contributed by atoms with E-state index in [0.717, 1.165) is 32.4 Å². The summed E-state index contributed by atoms with van der Waals surface area (Å²) in [6.07, 6.45) is 2.93. The van der Waals surface area contributed by atoms with Gasteiger partial charge in [-0.15, -0.1) is 0 Å². The summed E-state index contributed by atoms with van der Waals surface area (Å²) in [4.78, 5) is 2.55. The van der Waals surface area contributed by atoms with Crippen molar-refractivity contribution in [2.75, 3.05) is 47.8 Å². The van der Waals surface area contributed by atoms with Crippen molar-refractivity contribution in [1.29, 1.82) is 0 Å². The number of piperidine rings is 1. The van der Waals surface area contributed by atoms with Crippen LogP contribution in [0.2, 0.25) is 0 Å². The van der Waals surface area contributed by atoms with E-state index in [1.807, 2.05) is 0 Å². The summed E-state index contributed by atoms with van der Waals surface area (Å²) in [6, 6.07) is -0.0273. The minimum absolute atomic E-state index is 0.0273. The summed E-state index contributed by atoms with van der Waals surface area (Å²) in [6.45, 7) is 4.88. The zero-order valence-electron chi connectivity index (χ0n) is 20.3. The van der Waals surface area contributed by atoms with Crippen molar-refractivity contribution >= 4 is 0 Å². The molecule has 186 valence electrons. The molecule has 7 fully saturated rings. The first-order chi connectivity index (χ1) is 15.9. The van der Waals surface area contributed by atoms with E-state index in [-0.39, 0.29) is 42.3 Å². The van der Waals surface area contributed by atoms with Crippen LogP contribution in [-0.2, 0) is 23.7 Å². The lowest BCUT2D eigenvalue weighted by molar-refractivity contribution is -0.334. The molecule has 5 aliphatic carbocycles. The third-order valence-corrected chi connectivity index (χ3v) is 11.9. The first kappa shape index (κ1) is 21.9. The molecule has 0 aromatic heterocycles. The summed E-state index contributed by atoms with van der Waals surface area (Å²) in [7, 11) is 5.31. The molecule has 8 nitrogen and oxygen atoms in total. The highest BCUT2D eigenvalue weighted by atomic mass is 16.7. The van der Waals surface area contributed by atoms with Gasteiger partial charge in [-0.3, -0.25) is 4.90 Å². The quantitative estimate of drug-likeness (QED) is 0.616. The fraction of sp³-hybridized carbons (Fsp3) is 1.00. The second-order valence-corrected chi connectivity index (χ2v) is 12.1. The van der Waals surface area contributed by atoms with Crippen LogP contribution in [0.4, 0.5) is 0 Å². The molecule has 0 aromatic carbocycles. The smallest absolute Gasteiger partial charge is 0.148 e. The average molecular weight is 466 g/mol. The maximum absolute atomic E-state index is 13.1. The van der Waals surface area contributed by atoms with Crippen molar-refractivity contribution in [3.8, 4) is 0 Å². The van der Waals surface area contributed by atoms with Crippen molar-refractivity contribution in [2.45, 2.75) is 80.2 Å². The molecule has 7 aliphatic rings. The number of aliphatic hydroxyl groups excluding tert-OH is 1. The number of fused-ring (bicyclic) bond motifs is 1. The van der Waals surface area contributed by atoms with E-state index < -0.39 is 34.2 Å². The normalized spacial score (nSPS) is 62.5. The predicted molar refractivity (Wildman–Crippen MR) is 116 cm³/mol. The Labute approximate surface area is 195 Å². The number of ether oxygens (including phenoxy) is 5. The molecule has 3 spiro atoms. The summed E-state index contributed by atoms with van der Waals surface area (Å²) in [5, 5.41) is 24.8. The van der Waals surface area contributed by atoms with E-state index in [1.54, 1.807) is 21.3 Å². The third kappa shape index (κ3) is 1.95. The van der Waals surface area contributed by atoms with E-state index in [0.29, 0.717) is 19.4 Å². The summed E-state index contributed by atoms with van der Waals surface area (Å²) < 4.78 is 31.6. The number of methoxy groups -OCH3 is 3. The van der Waals surface area contributed by atoms with Crippen LogP contribution in [0.3, 0.4) is 0 Å². The molecule has 0 radical (unpaired) electrons. The van der Waals surface area contributed by atoms with E-state index >= 15 is 0 Å². The Morgan fingerprint density at radius 2 is 1.85 bits per heavy atom. The standard InChI is InChI=1S/C25H39NO7/c1-5-26-11-21(12-29-2)7-6-17(31-4)25-16(21)10-24(20(25)26)23(32-13-33-24)9-15(30-3)14-8-22(25,28)19(23)18(14)27/h14-20,27-28H,5-13H2,1-4H3. The van der Waals surface area contributed by atoms with Crippen LogP contribution in [0.25, 0.3) is 0 Å². The highest BCUT2D eigenvalue weighted by Gasteiger charge is 2.94. The molecular formula is C25H39NO7. The van der Waals surface area contributed by atoms with Gasteiger partial charge in [0.15, 0.2) is 0 Å². The Morgan fingerprint density at radius 3 is 2.55 bits per heavy atom. The molecule has 2 saturated heterocycles. The lowest BCUT2D eigenvalue weighted by Crippen LogP contribution is -2.85. The van der Waals surface area contributed by atoms with Crippen LogP contribution >= 0.6 is 0 Å². The van der Waals surface area contributed by atoms with Crippen LogP contribution in [0, 0.1) is 28.6 Å². The minimum atomic E-state index is -1.12. The third-order valence-electron chi connectivity index (χ3n) is 11.9. The zero-order chi connectivity index (χ0) is 23.0. The molecule has 7 rings (SSSR count). The van der Waals surface area contributed by atoms with Crippen LogP contribution in [-0.4, -0.2) is 104 Å². The topological polar surface area (TPSA) is 89.9 Å². The molecule has 2 N–H and O–H groups in total. The van der Waals surface area contributed by atoms with Crippen molar-refractivity contribution in [3.63, 3.8) is 0 Å². The fourth-order valence-electron chi connectivity index (χ4n) is 11.4. The van der Waals surface area contributed by atoms with Gasteiger partial charge in [-0.05, 0) is 38.1 Å². The van der Waals surface area contributed by atoms with Crippen LogP contribution < -0.4 is 0 Å². The lowest BCUT2D eigenvalue weighted by atomic mass is 9.41. The lowest BCUT2D eigenvalue weighted by Gasteiger charge is -2.72. The maximum Gasteiger partial charge on any atom is 0.148 e. The molecule has 33 heavy (non-hydrogen) atoms. The van der Waals surface area contributed by atoms with Crippen molar-refractivity contribution in [1.82, 2.24) is 4.90 Å². The minimum Gasteiger partial charge on any atom is -0.392 e. The highest BCUT2D eigenvalue weighted by Crippen LogP contribution is 2.83. The number of hydrogen-bond donors (Lipinski definition) is 2. The Bertz CT molecular complexity index is 859. The molecular weight excluding hydrogens is 426 g/mol. The number of likely N-dealkylation sites (tertiary alicyclic amines) is 1. The van der Waals surface area contributed by atoms with Gasteiger partial charge >= 0.3 is 0 Å². The second-order valence-electron chi connectivity index (χ2n) is 12.1. The second kappa shape index (κ2) is 6.51. The molecule has 8 heteroatoms. The van der Waals surface area contributed by atoms with Crippen molar-refractivity contribution < 1.29 is 33.9 Å². The van der Waals surface area contributed by atoms with E-state index in [1.165, 1.54) is 0 Å². The Kier molecular flexibility index (Phi) is 4.32. The van der Waals surface area contributed by atoms with Gasteiger partial charge in [0.2, 0.25) is 0 Å². The largest absolute Gasteiger partial charge is 0.392 e. The molecule has 2 aliphatic heterocycles. The van der Waals surface area contributed by atoms with Crippen molar-refractivity contribution in [3.05, 3.63) is 0 Å². The Balaban J connectivity index is 1.56. The van der Waals surface area contributed by atoms with Gasteiger partial charge in [0.05, 0.1) is 36.6 Å². The van der Waals surface area contributed by atoms with Crippen LogP contribution in [0.1, 0.15) is 39.0 Å². The summed E-state index contributed by atoms with van der Waals surface area (Å²) in [5.74, 6) is -0.340. The molecule has 12 unspecified atom stereocenters. The number of rotatable bonds is 5. The van der Waals surface area contributed by atoms with Gasteiger partial charge in [-0.1, -0.05) is 6.92 Å². The van der Waals surface area contributed by atoms with E-state index in [4.69, 9.17) is 23.7 Å². The first-order valence-corrected chi connectivity index (χ1v) is 12.8. The van der Waals surface area contributed by atoms with Gasteiger partial charge in [0.25, 0.3) is 0 Å². The van der Waals surface area contributed by atoms with Crippen LogP contribution in [0.15, 0.2) is 0 Å². The van der Waals surface area contributed by atoms with Gasteiger partial charge in [0, 0.05) is 57.0 Å². The Morgan fingerprint density at radius 1 is 1.06 bits per heavy atom. The van der Waals surface area contributed by atoms with Gasteiger partial charge in [-0.25, -0.2) is 0 Å². The number of nitrogens with zero attached hydrogens (tertiary/aromatic N) is 1. The summed E-state index contributed by atoms with van der Waals surface area (Å²) >= 11 is 0. The van der Waals surface area contributed by atoms with Gasteiger partial charge in [0.1, 0.15) is 18.0 Å². The van der Waals surface area contributed by atoms with Crippen molar-refractivity contribution in [2.24, 2.45) is 28.6 Å². The number of likely N-dealkylation sites (N-methyl/N-ethyl adjacent to an activating group) is 1. The fourth-order valence-corrected chi connectivity index (χ4v) is 11.4. The van der Waals surface area contributed by atoms with E-state index in [2.05, 4.69) is 11.8 Å². The molecule has 0 aromatic rings.